The molecule has 1 amide bonds. The third-order valence-electron chi connectivity index (χ3n) is 3.54. The molecule has 0 unspecified atom stereocenters. The van der Waals surface area contributed by atoms with Crippen molar-refractivity contribution in [3.63, 3.8) is 0 Å². The summed E-state index contributed by atoms with van der Waals surface area (Å²) in [5.41, 5.74) is 11.6. The molecule has 102 valence electrons. The topological polar surface area (TPSA) is 67.1 Å². The lowest BCUT2D eigenvalue weighted by molar-refractivity contribution is -0.115. The van der Waals surface area contributed by atoms with Gasteiger partial charge in [-0.2, -0.15) is 0 Å². The smallest absolute Gasteiger partial charge is 0.228 e. The van der Waals surface area contributed by atoms with Crippen molar-refractivity contribution in [2.24, 2.45) is 0 Å². The minimum absolute atomic E-state index is 0.0175. The average Bonchev–Trinajstić information content (AvgIpc) is 2.79. The van der Waals surface area contributed by atoms with Crippen molar-refractivity contribution in [3.8, 4) is 0 Å². The molecular weight excluding hydrogens is 250 g/mol. The van der Waals surface area contributed by atoms with Crippen molar-refractivity contribution in [2.45, 2.75) is 19.8 Å². The number of nitrogen functional groups attached to an aromatic ring is 1. The molecule has 20 heavy (non-hydrogen) atoms. The number of hydrogen-bond donors (Lipinski definition) is 3. The van der Waals surface area contributed by atoms with Crippen LogP contribution in [0.4, 0.5) is 22.7 Å². The summed E-state index contributed by atoms with van der Waals surface area (Å²) in [5.74, 6) is 0.0175. The quantitative estimate of drug-likeness (QED) is 0.749. The van der Waals surface area contributed by atoms with Gasteiger partial charge in [0.15, 0.2) is 0 Å². The molecular formula is C16H17N3O. The Balaban J connectivity index is 1.87. The fraction of sp³-hybridized carbons (Fsp3) is 0.188. The summed E-state index contributed by atoms with van der Waals surface area (Å²) in [6.07, 6.45) is 1.43. The molecule has 0 saturated carbocycles. The van der Waals surface area contributed by atoms with E-state index < -0.39 is 0 Å². The molecule has 0 radical (unpaired) electrons. The van der Waals surface area contributed by atoms with E-state index in [2.05, 4.69) is 29.7 Å². The Morgan fingerprint density at radius 2 is 2.00 bits per heavy atom. The molecule has 0 aromatic heterocycles. The maximum Gasteiger partial charge on any atom is 0.228 e. The molecule has 3 rings (SSSR count). The SMILES string of the molecule is CCc1ccc(Nc2cc3c(cc2N)CC(=O)N3)cc1. The number of rotatable bonds is 3. The minimum atomic E-state index is 0.0175. The lowest BCUT2D eigenvalue weighted by Crippen LogP contribution is -2.03. The van der Waals surface area contributed by atoms with Gasteiger partial charge in [-0.1, -0.05) is 19.1 Å². The van der Waals surface area contributed by atoms with Crippen molar-refractivity contribution in [1.82, 2.24) is 0 Å². The van der Waals surface area contributed by atoms with Gasteiger partial charge in [-0.05, 0) is 41.8 Å². The van der Waals surface area contributed by atoms with Gasteiger partial charge in [0.05, 0.1) is 17.8 Å². The van der Waals surface area contributed by atoms with Crippen LogP contribution in [0.25, 0.3) is 0 Å². The first-order valence-corrected chi connectivity index (χ1v) is 6.74. The molecule has 0 aliphatic carbocycles. The van der Waals surface area contributed by atoms with Crippen LogP contribution in [-0.4, -0.2) is 5.91 Å². The van der Waals surface area contributed by atoms with E-state index >= 15 is 0 Å². The van der Waals surface area contributed by atoms with E-state index in [1.54, 1.807) is 0 Å². The Labute approximate surface area is 118 Å². The first kappa shape index (κ1) is 12.5. The fourth-order valence-corrected chi connectivity index (χ4v) is 2.38. The Morgan fingerprint density at radius 3 is 2.70 bits per heavy atom. The van der Waals surface area contributed by atoms with E-state index in [1.165, 1.54) is 5.56 Å². The van der Waals surface area contributed by atoms with E-state index in [1.807, 2.05) is 24.3 Å². The minimum Gasteiger partial charge on any atom is -0.397 e. The van der Waals surface area contributed by atoms with Crippen molar-refractivity contribution < 1.29 is 4.79 Å². The number of aryl methyl sites for hydroxylation is 1. The van der Waals surface area contributed by atoms with Gasteiger partial charge in [-0.15, -0.1) is 0 Å². The van der Waals surface area contributed by atoms with Crippen LogP contribution in [0.1, 0.15) is 18.1 Å². The molecule has 0 atom stereocenters. The summed E-state index contributed by atoms with van der Waals surface area (Å²) in [6, 6.07) is 12.0. The molecule has 0 spiro atoms. The molecule has 0 saturated heterocycles. The number of hydrogen-bond acceptors (Lipinski definition) is 3. The van der Waals surface area contributed by atoms with Crippen LogP contribution < -0.4 is 16.4 Å². The summed E-state index contributed by atoms with van der Waals surface area (Å²) in [4.78, 5) is 11.4. The first-order valence-electron chi connectivity index (χ1n) is 6.74. The van der Waals surface area contributed by atoms with Gasteiger partial charge in [0.25, 0.3) is 0 Å². The predicted octanol–water partition coefficient (Wildman–Crippen LogP) is 3.07. The van der Waals surface area contributed by atoms with Gasteiger partial charge < -0.3 is 16.4 Å². The highest BCUT2D eigenvalue weighted by Gasteiger charge is 2.19. The molecule has 1 aliphatic rings. The van der Waals surface area contributed by atoms with E-state index in [0.717, 1.165) is 29.0 Å². The second-order valence-electron chi connectivity index (χ2n) is 5.00. The first-order chi connectivity index (χ1) is 9.65. The van der Waals surface area contributed by atoms with Crippen LogP contribution in [0.2, 0.25) is 0 Å². The van der Waals surface area contributed by atoms with E-state index in [-0.39, 0.29) is 5.91 Å². The zero-order valence-electron chi connectivity index (χ0n) is 11.4. The number of nitrogens with two attached hydrogens (primary N) is 1. The third kappa shape index (κ3) is 2.32. The number of carbonyl (C=O) groups is 1. The number of fused-ring (bicyclic) bond motifs is 1. The van der Waals surface area contributed by atoms with E-state index in [9.17, 15) is 4.79 Å². The molecule has 2 aromatic rings. The molecule has 1 aliphatic heterocycles. The lowest BCUT2D eigenvalue weighted by Gasteiger charge is -2.12. The van der Waals surface area contributed by atoms with Crippen molar-refractivity contribution in [3.05, 3.63) is 47.5 Å². The highest BCUT2D eigenvalue weighted by molar-refractivity contribution is 6.01. The van der Waals surface area contributed by atoms with Gasteiger partial charge in [0.1, 0.15) is 0 Å². The average molecular weight is 267 g/mol. The summed E-state index contributed by atoms with van der Waals surface area (Å²) >= 11 is 0. The Kier molecular flexibility index (Phi) is 3.06. The van der Waals surface area contributed by atoms with Crippen molar-refractivity contribution >= 4 is 28.7 Å². The molecule has 4 nitrogen and oxygen atoms in total. The zero-order valence-corrected chi connectivity index (χ0v) is 11.4. The van der Waals surface area contributed by atoms with Crippen LogP contribution in [0.15, 0.2) is 36.4 Å². The van der Waals surface area contributed by atoms with Crippen molar-refractivity contribution in [2.75, 3.05) is 16.4 Å². The Hall–Kier alpha value is -2.49. The zero-order chi connectivity index (χ0) is 14.1. The van der Waals surface area contributed by atoms with E-state index in [0.29, 0.717) is 12.1 Å². The van der Waals surface area contributed by atoms with Gasteiger partial charge >= 0.3 is 0 Å². The molecule has 1 heterocycles. The largest absolute Gasteiger partial charge is 0.397 e. The fourth-order valence-electron chi connectivity index (χ4n) is 2.38. The van der Waals surface area contributed by atoms with E-state index in [4.69, 9.17) is 5.73 Å². The molecule has 4 heteroatoms. The maximum atomic E-state index is 11.4. The molecule has 2 aromatic carbocycles. The second-order valence-corrected chi connectivity index (χ2v) is 5.00. The van der Waals surface area contributed by atoms with Crippen molar-refractivity contribution in [1.29, 1.82) is 0 Å². The lowest BCUT2D eigenvalue weighted by atomic mass is 10.1. The van der Waals surface area contributed by atoms with Gasteiger partial charge in [-0.25, -0.2) is 0 Å². The summed E-state index contributed by atoms with van der Waals surface area (Å²) in [5, 5.41) is 6.13. The molecule has 0 fully saturated rings. The summed E-state index contributed by atoms with van der Waals surface area (Å²) in [7, 11) is 0. The molecule has 4 N–H and O–H groups in total. The van der Waals surface area contributed by atoms with Gasteiger partial charge in [-0.3, -0.25) is 4.79 Å². The normalized spacial score (nSPS) is 12.9. The van der Waals surface area contributed by atoms with Crippen LogP contribution in [0.5, 0.6) is 0 Å². The Bertz CT molecular complexity index is 662. The highest BCUT2D eigenvalue weighted by atomic mass is 16.1. The number of anilines is 4. The van der Waals surface area contributed by atoms with Gasteiger partial charge in [0, 0.05) is 11.4 Å². The van der Waals surface area contributed by atoms with Crippen LogP contribution in [-0.2, 0) is 17.6 Å². The standard InChI is InChI=1S/C16H17N3O/c1-2-10-3-5-12(6-4-10)18-15-9-14-11(7-13(15)17)8-16(20)19-14/h3-7,9,18H,2,8,17H2,1H3,(H,19,20). The van der Waals surface area contributed by atoms with Crippen LogP contribution in [0.3, 0.4) is 0 Å². The summed E-state index contributed by atoms with van der Waals surface area (Å²) in [6.45, 7) is 2.13. The number of benzene rings is 2. The van der Waals surface area contributed by atoms with Crippen LogP contribution >= 0.6 is 0 Å². The van der Waals surface area contributed by atoms with Crippen LogP contribution in [0, 0.1) is 0 Å². The number of nitrogens with one attached hydrogen (secondary N) is 2. The number of amides is 1. The third-order valence-corrected chi connectivity index (χ3v) is 3.54. The Morgan fingerprint density at radius 1 is 1.25 bits per heavy atom. The summed E-state index contributed by atoms with van der Waals surface area (Å²) < 4.78 is 0. The maximum absolute atomic E-state index is 11.4. The second kappa shape index (κ2) is 4.89. The molecule has 0 bridgehead atoms. The number of carbonyl (C=O) groups excluding carboxylic acids is 1. The monoisotopic (exact) mass is 267 g/mol. The highest BCUT2D eigenvalue weighted by Crippen LogP contribution is 2.33. The predicted molar refractivity (Wildman–Crippen MR) is 82.3 cm³/mol. The van der Waals surface area contributed by atoms with Gasteiger partial charge in [0.2, 0.25) is 5.91 Å².